The van der Waals surface area contributed by atoms with Crippen LogP contribution in [0.25, 0.3) is 0 Å². The summed E-state index contributed by atoms with van der Waals surface area (Å²) in [7, 11) is 3.24. The van der Waals surface area contributed by atoms with Crippen molar-refractivity contribution in [3.63, 3.8) is 0 Å². The van der Waals surface area contributed by atoms with Crippen molar-refractivity contribution in [1.82, 2.24) is 0 Å². The Labute approximate surface area is 102 Å². The van der Waals surface area contributed by atoms with Crippen LogP contribution in [-0.4, -0.2) is 50.7 Å². The minimum Gasteiger partial charge on any atom is -0.457 e. The van der Waals surface area contributed by atoms with Crippen LogP contribution in [0.2, 0.25) is 0 Å². The molecule has 0 unspecified atom stereocenters. The summed E-state index contributed by atoms with van der Waals surface area (Å²) in [5.41, 5.74) is -0.552. The summed E-state index contributed by atoms with van der Waals surface area (Å²) in [6, 6.07) is 0. The molecule has 1 aliphatic rings. The van der Waals surface area contributed by atoms with Crippen LogP contribution in [0.15, 0.2) is 0 Å². The molecule has 1 fully saturated rings. The molecule has 0 bridgehead atoms. The van der Waals surface area contributed by atoms with Gasteiger partial charge in [-0.1, -0.05) is 6.92 Å². The van der Waals surface area contributed by atoms with Crippen LogP contribution in [0.4, 0.5) is 0 Å². The summed E-state index contributed by atoms with van der Waals surface area (Å²) in [5.74, 6) is -0.322. The largest absolute Gasteiger partial charge is 0.457 e. The van der Waals surface area contributed by atoms with E-state index in [4.69, 9.17) is 18.9 Å². The van der Waals surface area contributed by atoms with Crippen molar-refractivity contribution in [2.75, 3.05) is 20.8 Å². The second kappa shape index (κ2) is 5.80. The van der Waals surface area contributed by atoms with E-state index in [1.165, 1.54) is 6.92 Å². The first-order valence-electron chi connectivity index (χ1n) is 5.88. The van der Waals surface area contributed by atoms with E-state index in [1.807, 2.05) is 13.8 Å². The third kappa shape index (κ3) is 2.61. The van der Waals surface area contributed by atoms with E-state index in [2.05, 4.69) is 0 Å². The van der Waals surface area contributed by atoms with Gasteiger partial charge in [-0.15, -0.1) is 0 Å². The van der Waals surface area contributed by atoms with Crippen LogP contribution in [0.5, 0.6) is 0 Å². The predicted molar refractivity (Wildman–Crippen MR) is 61.8 cm³/mol. The molecule has 1 aliphatic heterocycles. The normalized spacial score (nSPS) is 34.6. The number of hydrogen-bond acceptors (Lipinski definition) is 5. The van der Waals surface area contributed by atoms with Crippen LogP contribution in [0, 0.1) is 0 Å². The summed E-state index contributed by atoms with van der Waals surface area (Å²) in [4.78, 5) is 11.0. The summed E-state index contributed by atoms with van der Waals surface area (Å²) in [5, 5.41) is 0. The van der Waals surface area contributed by atoms with E-state index in [9.17, 15) is 4.79 Å². The second-order valence-corrected chi connectivity index (χ2v) is 4.30. The molecule has 0 spiro atoms. The quantitative estimate of drug-likeness (QED) is 0.681. The zero-order valence-electron chi connectivity index (χ0n) is 11.2. The fourth-order valence-corrected chi connectivity index (χ4v) is 2.52. The Morgan fingerprint density at radius 1 is 1.53 bits per heavy atom. The van der Waals surface area contributed by atoms with Gasteiger partial charge in [0.2, 0.25) is 0 Å². The number of carbonyl (C=O) groups excluding carboxylic acids is 1. The van der Waals surface area contributed by atoms with E-state index >= 15 is 0 Å². The zero-order chi connectivity index (χ0) is 13.1. The first kappa shape index (κ1) is 14.4. The molecule has 0 radical (unpaired) electrons. The number of carbonyl (C=O) groups is 1. The predicted octanol–water partition coefficient (Wildman–Crippen LogP) is 1.15. The highest BCUT2D eigenvalue weighted by molar-refractivity contribution is 5.66. The summed E-state index contributed by atoms with van der Waals surface area (Å²) >= 11 is 0. The van der Waals surface area contributed by atoms with E-state index < -0.39 is 5.60 Å². The molecular weight excluding hydrogens is 224 g/mol. The third-order valence-electron chi connectivity index (χ3n) is 3.50. The highest BCUT2D eigenvalue weighted by Gasteiger charge is 2.54. The van der Waals surface area contributed by atoms with Crippen molar-refractivity contribution >= 4 is 5.97 Å². The molecule has 0 amide bonds. The van der Waals surface area contributed by atoms with Crippen molar-refractivity contribution in [3.05, 3.63) is 0 Å². The Bertz CT molecular complexity index is 268. The first-order valence-corrected chi connectivity index (χ1v) is 5.88. The molecular formula is C12H22O5. The lowest BCUT2D eigenvalue weighted by molar-refractivity contribution is -0.162. The number of rotatable bonds is 5. The number of esters is 1. The molecule has 1 heterocycles. The molecule has 0 aromatic carbocycles. The summed E-state index contributed by atoms with van der Waals surface area (Å²) < 4.78 is 21.9. The first-order chi connectivity index (χ1) is 8.01. The van der Waals surface area contributed by atoms with Crippen LogP contribution < -0.4 is 0 Å². The van der Waals surface area contributed by atoms with Gasteiger partial charge in [-0.2, -0.15) is 0 Å². The van der Waals surface area contributed by atoms with Crippen molar-refractivity contribution in [3.8, 4) is 0 Å². The minimum absolute atomic E-state index is 0.127. The Kier molecular flexibility index (Phi) is 4.91. The number of hydrogen-bond donors (Lipinski definition) is 0. The van der Waals surface area contributed by atoms with Gasteiger partial charge in [0.25, 0.3) is 0 Å². The van der Waals surface area contributed by atoms with E-state index in [-0.39, 0.29) is 24.3 Å². The van der Waals surface area contributed by atoms with Gasteiger partial charge in [-0.25, -0.2) is 0 Å². The van der Waals surface area contributed by atoms with Gasteiger partial charge in [-0.05, 0) is 13.3 Å². The van der Waals surface area contributed by atoms with E-state index in [0.717, 1.165) is 6.42 Å². The Hall–Kier alpha value is -0.650. The lowest BCUT2D eigenvalue weighted by atomic mass is 9.87. The molecule has 5 heteroatoms. The molecule has 0 aliphatic carbocycles. The minimum atomic E-state index is -0.552. The Morgan fingerprint density at radius 3 is 2.59 bits per heavy atom. The summed E-state index contributed by atoms with van der Waals surface area (Å²) in [6.45, 7) is 5.68. The van der Waals surface area contributed by atoms with Gasteiger partial charge in [0, 0.05) is 21.1 Å². The maximum absolute atomic E-state index is 11.0. The van der Waals surface area contributed by atoms with Crippen LogP contribution in [-0.2, 0) is 23.7 Å². The van der Waals surface area contributed by atoms with Crippen LogP contribution >= 0.6 is 0 Å². The molecule has 0 aromatic heterocycles. The maximum atomic E-state index is 11.0. The molecule has 100 valence electrons. The smallest absolute Gasteiger partial charge is 0.303 e. The van der Waals surface area contributed by atoms with Gasteiger partial charge < -0.3 is 18.9 Å². The van der Waals surface area contributed by atoms with Gasteiger partial charge >= 0.3 is 5.97 Å². The highest BCUT2D eigenvalue weighted by atomic mass is 16.6. The van der Waals surface area contributed by atoms with Gasteiger partial charge in [0.1, 0.15) is 11.7 Å². The molecule has 0 N–H and O–H groups in total. The topological polar surface area (TPSA) is 54.0 Å². The fraction of sp³-hybridized carbons (Fsp3) is 0.917. The number of ether oxygens (including phenoxy) is 4. The highest BCUT2D eigenvalue weighted by Crippen LogP contribution is 2.37. The zero-order valence-corrected chi connectivity index (χ0v) is 11.2. The average molecular weight is 246 g/mol. The monoisotopic (exact) mass is 246 g/mol. The lowest BCUT2D eigenvalue weighted by Gasteiger charge is -2.37. The summed E-state index contributed by atoms with van der Waals surface area (Å²) in [6.07, 6.45) is -0.0578. The Morgan fingerprint density at radius 2 is 2.18 bits per heavy atom. The molecule has 5 nitrogen and oxygen atoms in total. The fourth-order valence-electron chi connectivity index (χ4n) is 2.52. The molecule has 17 heavy (non-hydrogen) atoms. The van der Waals surface area contributed by atoms with Crippen molar-refractivity contribution < 1.29 is 23.7 Å². The van der Waals surface area contributed by atoms with Crippen LogP contribution in [0.1, 0.15) is 27.2 Å². The standard InChI is InChI=1S/C12H22O5/c1-6-12(8(2)14-4)11(15-5)10(7-16-12)17-9(3)13/h8,10-11H,6-7H2,1-5H3/t8-,10-,11-,12+/m0/s1. The molecule has 4 atom stereocenters. The van der Waals surface area contributed by atoms with E-state index in [1.54, 1.807) is 14.2 Å². The van der Waals surface area contributed by atoms with Gasteiger partial charge in [-0.3, -0.25) is 4.79 Å². The molecule has 0 saturated carbocycles. The lowest BCUT2D eigenvalue weighted by Crippen LogP contribution is -2.52. The van der Waals surface area contributed by atoms with E-state index in [0.29, 0.717) is 6.61 Å². The van der Waals surface area contributed by atoms with Crippen molar-refractivity contribution in [1.29, 1.82) is 0 Å². The molecule has 0 aromatic rings. The van der Waals surface area contributed by atoms with Crippen molar-refractivity contribution in [2.24, 2.45) is 0 Å². The van der Waals surface area contributed by atoms with Gasteiger partial charge in [0.05, 0.1) is 12.7 Å². The average Bonchev–Trinajstić information content (AvgIpc) is 2.66. The van der Waals surface area contributed by atoms with Crippen LogP contribution in [0.3, 0.4) is 0 Å². The SMILES string of the molecule is CC[C@]1([C@H](C)OC)OC[C@H](OC(C)=O)[C@@H]1OC. The molecule has 1 saturated heterocycles. The second-order valence-electron chi connectivity index (χ2n) is 4.30. The Balaban J connectivity index is 2.89. The third-order valence-corrected chi connectivity index (χ3v) is 3.50. The molecule has 1 rings (SSSR count). The van der Waals surface area contributed by atoms with Crippen molar-refractivity contribution in [2.45, 2.75) is 51.1 Å². The van der Waals surface area contributed by atoms with Gasteiger partial charge in [0.15, 0.2) is 6.10 Å². The maximum Gasteiger partial charge on any atom is 0.303 e. The number of methoxy groups -OCH3 is 2.